The van der Waals surface area contributed by atoms with Gasteiger partial charge in [0.2, 0.25) is 0 Å². The Hall–Kier alpha value is -0.971. The SMILES string of the molecule is COc1ccccc1C#N.[Cu]. The number of rotatable bonds is 1. The van der Waals surface area contributed by atoms with Crippen LogP contribution in [0.2, 0.25) is 0 Å². The van der Waals surface area contributed by atoms with Crippen LogP contribution < -0.4 is 4.74 Å². The molecule has 0 bridgehead atoms. The summed E-state index contributed by atoms with van der Waals surface area (Å²) in [7, 11) is 1.55. The molecule has 0 atom stereocenters. The molecule has 0 aliphatic heterocycles. The van der Waals surface area contributed by atoms with Crippen molar-refractivity contribution in [3.05, 3.63) is 29.8 Å². The molecule has 0 amide bonds. The molecule has 0 N–H and O–H groups in total. The van der Waals surface area contributed by atoms with Gasteiger partial charge in [0.15, 0.2) is 0 Å². The molecule has 0 saturated heterocycles. The van der Waals surface area contributed by atoms with E-state index in [1.54, 1.807) is 25.3 Å². The van der Waals surface area contributed by atoms with Gasteiger partial charge in [0, 0.05) is 17.1 Å². The molecule has 0 heterocycles. The molecule has 0 spiro atoms. The van der Waals surface area contributed by atoms with Crippen LogP contribution >= 0.6 is 0 Å². The maximum atomic E-state index is 8.52. The normalized spacial score (nSPS) is 7.64. The van der Waals surface area contributed by atoms with Crippen LogP contribution in [-0.4, -0.2) is 7.11 Å². The number of nitriles is 1. The van der Waals surface area contributed by atoms with Crippen molar-refractivity contribution in [2.24, 2.45) is 0 Å². The smallest absolute Gasteiger partial charge is 0.136 e. The summed E-state index contributed by atoms with van der Waals surface area (Å²) < 4.78 is 4.91. The number of methoxy groups -OCH3 is 1. The first-order valence-electron chi connectivity index (χ1n) is 2.91. The van der Waals surface area contributed by atoms with Gasteiger partial charge in [-0.1, -0.05) is 12.1 Å². The van der Waals surface area contributed by atoms with Crippen molar-refractivity contribution in [2.45, 2.75) is 0 Å². The minimum atomic E-state index is 0. The van der Waals surface area contributed by atoms with Gasteiger partial charge in [-0.3, -0.25) is 0 Å². The zero-order valence-electron chi connectivity index (χ0n) is 5.97. The van der Waals surface area contributed by atoms with Gasteiger partial charge in [0.05, 0.1) is 12.7 Å². The minimum Gasteiger partial charge on any atom is -0.495 e. The molecule has 11 heavy (non-hydrogen) atoms. The Bertz CT molecular complexity index is 267. The van der Waals surface area contributed by atoms with Crippen LogP contribution in [0.4, 0.5) is 0 Å². The van der Waals surface area contributed by atoms with Crippen LogP contribution in [0.15, 0.2) is 24.3 Å². The Kier molecular flexibility index (Phi) is 4.36. The van der Waals surface area contributed by atoms with Crippen LogP contribution in [0, 0.1) is 11.3 Å². The molecule has 2 nitrogen and oxygen atoms in total. The number of ether oxygens (including phenoxy) is 1. The van der Waals surface area contributed by atoms with Crippen molar-refractivity contribution >= 4 is 0 Å². The van der Waals surface area contributed by atoms with Crippen LogP contribution in [-0.2, 0) is 17.1 Å². The minimum absolute atomic E-state index is 0. The third kappa shape index (κ3) is 2.27. The third-order valence-electron chi connectivity index (χ3n) is 1.23. The number of benzene rings is 1. The molecule has 0 aromatic heterocycles. The Morgan fingerprint density at radius 3 is 2.45 bits per heavy atom. The molecule has 1 radical (unpaired) electrons. The van der Waals surface area contributed by atoms with Gasteiger partial charge in [-0.15, -0.1) is 0 Å². The summed E-state index contributed by atoms with van der Waals surface area (Å²) >= 11 is 0. The summed E-state index contributed by atoms with van der Waals surface area (Å²) in [6.45, 7) is 0. The Morgan fingerprint density at radius 1 is 1.36 bits per heavy atom. The van der Waals surface area contributed by atoms with Crippen molar-refractivity contribution in [2.75, 3.05) is 7.11 Å². The number of hydrogen-bond acceptors (Lipinski definition) is 2. The summed E-state index contributed by atoms with van der Waals surface area (Å²) in [6.07, 6.45) is 0. The Balaban J connectivity index is 0.000001000. The van der Waals surface area contributed by atoms with E-state index in [2.05, 4.69) is 0 Å². The maximum absolute atomic E-state index is 8.52. The van der Waals surface area contributed by atoms with Gasteiger partial charge in [-0.05, 0) is 12.1 Å². The van der Waals surface area contributed by atoms with Crippen molar-refractivity contribution in [1.29, 1.82) is 5.26 Å². The predicted molar refractivity (Wildman–Crippen MR) is 37.7 cm³/mol. The summed E-state index contributed by atoms with van der Waals surface area (Å²) in [6, 6.07) is 9.14. The second kappa shape index (κ2) is 4.79. The van der Waals surface area contributed by atoms with E-state index in [1.807, 2.05) is 12.1 Å². The van der Waals surface area contributed by atoms with E-state index in [4.69, 9.17) is 10.00 Å². The molecule has 61 valence electrons. The van der Waals surface area contributed by atoms with Crippen LogP contribution in [0.5, 0.6) is 5.75 Å². The van der Waals surface area contributed by atoms with Crippen LogP contribution in [0.1, 0.15) is 5.56 Å². The van der Waals surface area contributed by atoms with Gasteiger partial charge in [0.25, 0.3) is 0 Å². The number of nitrogens with zero attached hydrogens (tertiary/aromatic N) is 1. The van der Waals surface area contributed by atoms with E-state index in [-0.39, 0.29) is 17.1 Å². The summed E-state index contributed by atoms with van der Waals surface area (Å²) in [5.74, 6) is 0.630. The average Bonchev–Trinajstić information content (AvgIpc) is 2.04. The van der Waals surface area contributed by atoms with E-state index >= 15 is 0 Å². The van der Waals surface area contributed by atoms with Crippen LogP contribution in [0.25, 0.3) is 0 Å². The van der Waals surface area contributed by atoms with Gasteiger partial charge in [-0.2, -0.15) is 5.26 Å². The third-order valence-corrected chi connectivity index (χ3v) is 1.23. The summed E-state index contributed by atoms with van der Waals surface area (Å²) in [5, 5.41) is 8.52. The molecule has 0 aliphatic rings. The number of para-hydroxylation sites is 1. The fraction of sp³-hybridized carbons (Fsp3) is 0.125. The standard InChI is InChI=1S/C8H7NO.Cu/c1-10-8-5-3-2-4-7(8)6-9;/h2-5H,1H3;. The van der Waals surface area contributed by atoms with E-state index in [1.165, 1.54) is 0 Å². The van der Waals surface area contributed by atoms with Gasteiger partial charge in [-0.25, -0.2) is 0 Å². The summed E-state index contributed by atoms with van der Waals surface area (Å²) in [5.41, 5.74) is 0.574. The van der Waals surface area contributed by atoms with Crippen molar-refractivity contribution in [3.63, 3.8) is 0 Å². The second-order valence-corrected chi connectivity index (χ2v) is 1.81. The monoisotopic (exact) mass is 196 g/mol. The van der Waals surface area contributed by atoms with Gasteiger partial charge in [0.1, 0.15) is 11.8 Å². The molecule has 0 aliphatic carbocycles. The Morgan fingerprint density at radius 2 is 2.00 bits per heavy atom. The maximum Gasteiger partial charge on any atom is 0.136 e. The molecule has 0 unspecified atom stereocenters. The fourth-order valence-corrected chi connectivity index (χ4v) is 0.737. The molecule has 3 heteroatoms. The van der Waals surface area contributed by atoms with E-state index in [0.29, 0.717) is 11.3 Å². The van der Waals surface area contributed by atoms with Crippen molar-refractivity contribution in [1.82, 2.24) is 0 Å². The molecule has 0 saturated carbocycles. The number of hydrogen-bond donors (Lipinski definition) is 0. The van der Waals surface area contributed by atoms with Gasteiger partial charge >= 0.3 is 0 Å². The zero-order valence-corrected chi connectivity index (χ0v) is 6.91. The quantitative estimate of drug-likeness (QED) is 0.639. The predicted octanol–water partition coefficient (Wildman–Crippen LogP) is 1.56. The first kappa shape index (κ1) is 10.0. The average molecular weight is 197 g/mol. The molecule has 0 fully saturated rings. The van der Waals surface area contributed by atoms with E-state index < -0.39 is 0 Å². The molecular formula is C8H7CuNO. The van der Waals surface area contributed by atoms with Crippen LogP contribution in [0.3, 0.4) is 0 Å². The Labute approximate surface area is 76.3 Å². The van der Waals surface area contributed by atoms with Gasteiger partial charge < -0.3 is 4.74 Å². The first-order chi connectivity index (χ1) is 4.88. The first-order valence-corrected chi connectivity index (χ1v) is 2.91. The van der Waals surface area contributed by atoms with Crippen molar-refractivity contribution in [3.8, 4) is 11.8 Å². The fourth-order valence-electron chi connectivity index (χ4n) is 0.737. The second-order valence-electron chi connectivity index (χ2n) is 1.81. The topological polar surface area (TPSA) is 33.0 Å². The van der Waals surface area contributed by atoms with E-state index in [0.717, 1.165) is 0 Å². The van der Waals surface area contributed by atoms with E-state index in [9.17, 15) is 0 Å². The molecular weight excluding hydrogens is 190 g/mol. The van der Waals surface area contributed by atoms with Crippen molar-refractivity contribution < 1.29 is 21.8 Å². The molecule has 1 aromatic rings. The molecule has 1 rings (SSSR count). The summed E-state index contributed by atoms with van der Waals surface area (Å²) in [4.78, 5) is 0. The largest absolute Gasteiger partial charge is 0.495 e. The molecule has 1 aromatic carbocycles. The zero-order chi connectivity index (χ0) is 7.40.